The Morgan fingerprint density at radius 1 is 1.37 bits per heavy atom. The van der Waals surface area contributed by atoms with Crippen LogP contribution >= 0.6 is 0 Å². The van der Waals surface area contributed by atoms with Crippen LogP contribution in [-0.4, -0.2) is 26.2 Å². The van der Waals surface area contributed by atoms with Gasteiger partial charge in [0.05, 0.1) is 0 Å². The fourth-order valence-electron chi connectivity index (χ4n) is 2.03. The monoisotopic (exact) mass is 260 g/mol. The van der Waals surface area contributed by atoms with Crippen LogP contribution in [0.5, 0.6) is 0 Å². The summed E-state index contributed by atoms with van der Waals surface area (Å²) in [6.45, 7) is 0. The number of hydrogen-bond acceptors (Lipinski definition) is 5. The van der Waals surface area contributed by atoms with E-state index in [0.29, 0.717) is 11.0 Å². The SMILES string of the molecule is O=C(O)Cc1oc2ccccc2c2nn(O)c(=O)c1-2. The maximum atomic E-state index is 11.8. The lowest BCUT2D eigenvalue weighted by atomic mass is 10.1. The van der Waals surface area contributed by atoms with Crippen LogP contribution in [0.4, 0.5) is 0 Å². The molecule has 2 N–H and O–H groups in total. The first-order valence-corrected chi connectivity index (χ1v) is 5.42. The molecule has 2 aliphatic rings. The quantitative estimate of drug-likeness (QED) is 0.665. The van der Waals surface area contributed by atoms with Gasteiger partial charge in [-0.2, -0.15) is 0 Å². The van der Waals surface area contributed by atoms with Crippen LogP contribution in [0.1, 0.15) is 5.76 Å². The molecule has 0 saturated carbocycles. The molecule has 0 bridgehead atoms. The van der Waals surface area contributed by atoms with Crippen LogP contribution in [0.25, 0.3) is 22.2 Å². The zero-order valence-electron chi connectivity index (χ0n) is 9.53. The average Bonchev–Trinajstić information content (AvgIpc) is 2.66. The predicted molar refractivity (Wildman–Crippen MR) is 63.4 cm³/mol. The van der Waals surface area contributed by atoms with Crippen LogP contribution < -0.4 is 5.56 Å². The molecule has 2 aliphatic heterocycles. The van der Waals surface area contributed by atoms with E-state index < -0.39 is 17.9 Å². The van der Waals surface area contributed by atoms with Crippen LogP contribution in [0, 0.1) is 0 Å². The van der Waals surface area contributed by atoms with Gasteiger partial charge in [0.2, 0.25) is 0 Å². The van der Waals surface area contributed by atoms with E-state index in [0.717, 1.165) is 0 Å². The van der Waals surface area contributed by atoms with Crippen molar-refractivity contribution in [2.24, 2.45) is 0 Å². The lowest BCUT2D eigenvalue weighted by Gasteiger charge is -2.06. The van der Waals surface area contributed by atoms with Gasteiger partial charge in [-0.3, -0.25) is 9.59 Å². The van der Waals surface area contributed by atoms with Crippen molar-refractivity contribution in [1.29, 1.82) is 0 Å². The van der Waals surface area contributed by atoms with Crippen LogP contribution in [0.2, 0.25) is 0 Å². The number of aromatic nitrogens is 2. The van der Waals surface area contributed by atoms with Crippen LogP contribution in [0.3, 0.4) is 0 Å². The number of benzene rings is 1. The van der Waals surface area contributed by atoms with E-state index in [1.807, 2.05) is 0 Å². The number of fused-ring (bicyclic) bond motifs is 3. The first-order chi connectivity index (χ1) is 9.08. The largest absolute Gasteiger partial charge is 0.481 e. The smallest absolute Gasteiger partial charge is 0.315 e. The lowest BCUT2D eigenvalue weighted by molar-refractivity contribution is -0.136. The standard InChI is InChI=1S/C12H8N2O5/c15-9(16)5-8-10-11(13-14(18)12(10)17)6-3-1-2-4-7(6)19-8/h1-4,18H,5H2,(H,15,16). The minimum atomic E-state index is -1.13. The van der Waals surface area contributed by atoms with Crippen LogP contribution in [0.15, 0.2) is 33.5 Å². The summed E-state index contributed by atoms with van der Waals surface area (Å²) in [6, 6.07) is 6.77. The first-order valence-electron chi connectivity index (χ1n) is 5.42. The number of carbonyl (C=O) groups is 1. The van der Waals surface area contributed by atoms with Crippen LogP contribution in [-0.2, 0) is 11.2 Å². The molecule has 1 aromatic carbocycles. The van der Waals surface area contributed by atoms with Gasteiger partial charge < -0.3 is 14.7 Å². The number of carboxylic acids is 1. The number of nitrogens with zero attached hydrogens (tertiary/aromatic N) is 2. The summed E-state index contributed by atoms with van der Waals surface area (Å²) in [6.07, 6.45) is -0.456. The van der Waals surface area contributed by atoms with Crippen molar-refractivity contribution in [3.8, 4) is 11.3 Å². The Bertz CT molecular complexity index is 817. The van der Waals surface area contributed by atoms with E-state index in [-0.39, 0.29) is 21.9 Å². The molecule has 96 valence electrons. The molecule has 0 saturated heterocycles. The molecule has 0 amide bonds. The third-order valence-corrected chi connectivity index (χ3v) is 2.79. The van der Waals surface area contributed by atoms with Crippen molar-refractivity contribution >= 4 is 16.9 Å². The van der Waals surface area contributed by atoms with E-state index in [9.17, 15) is 14.8 Å². The molecule has 0 radical (unpaired) electrons. The predicted octanol–water partition coefficient (Wildman–Crippen LogP) is 0.959. The Morgan fingerprint density at radius 2 is 2.11 bits per heavy atom. The molecule has 2 heterocycles. The molecule has 7 heteroatoms. The van der Waals surface area contributed by atoms with E-state index in [2.05, 4.69) is 5.10 Å². The highest BCUT2D eigenvalue weighted by molar-refractivity contribution is 5.93. The minimum Gasteiger partial charge on any atom is -0.481 e. The molecule has 0 aromatic heterocycles. The van der Waals surface area contributed by atoms with Gasteiger partial charge in [-0.25, -0.2) is 0 Å². The zero-order chi connectivity index (χ0) is 13.6. The van der Waals surface area contributed by atoms with E-state index in [4.69, 9.17) is 9.52 Å². The fourth-order valence-corrected chi connectivity index (χ4v) is 2.03. The third-order valence-electron chi connectivity index (χ3n) is 2.79. The molecule has 0 unspecified atom stereocenters. The number of hydrogen-bond donors (Lipinski definition) is 2. The Labute approximate surface area is 105 Å². The zero-order valence-corrected chi connectivity index (χ0v) is 9.53. The average molecular weight is 260 g/mol. The first kappa shape index (κ1) is 11.3. The fraction of sp³-hybridized carbons (Fsp3) is 0.0833. The topological polar surface area (TPSA) is 106 Å². The van der Waals surface area contributed by atoms with Crippen molar-refractivity contribution in [2.75, 3.05) is 0 Å². The molecule has 7 nitrogen and oxygen atoms in total. The molecule has 3 rings (SSSR count). The maximum absolute atomic E-state index is 11.8. The summed E-state index contributed by atoms with van der Waals surface area (Å²) in [5.74, 6) is -1.16. The van der Waals surface area contributed by atoms with Crippen molar-refractivity contribution in [2.45, 2.75) is 6.42 Å². The number of carboxylic acid groups (broad SMARTS) is 1. The molecular weight excluding hydrogens is 252 g/mol. The molecule has 0 atom stereocenters. The highest BCUT2D eigenvalue weighted by atomic mass is 16.5. The Morgan fingerprint density at radius 3 is 2.84 bits per heavy atom. The highest BCUT2D eigenvalue weighted by Crippen LogP contribution is 2.30. The Hall–Kier alpha value is -2.83. The molecule has 19 heavy (non-hydrogen) atoms. The molecule has 0 aliphatic carbocycles. The normalized spacial score (nSPS) is 11.2. The lowest BCUT2D eigenvalue weighted by Crippen LogP contribution is -2.15. The summed E-state index contributed by atoms with van der Waals surface area (Å²) in [5, 5.41) is 22.5. The molecular formula is C12H8N2O5. The van der Waals surface area contributed by atoms with E-state index in [1.54, 1.807) is 24.3 Å². The van der Waals surface area contributed by atoms with Gasteiger partial charge in [0.1, 0.15) is 29.0 Å². The van der Waals surface area contributed by atoms with Gasteiger partial charge in [-0.05, 0) is 12.1 Å². The van der Waals surface area contributed by atoms with E-state index in [1.165, 1.54) is 0 Å². The van der Waals surface area contributed by atoms with Gasteiger partial charge >= 0.3 is 11.5 Å². The molecule has 0 fully saturated rings. The van der Waals surface area contributed by atoms with Gasteiger partial charge in [-0.15, -0.1) is 5.10 Å². The molecule has 0 spiro atoms. The summed E-state index contributed by atoms with van der Waals surface area (Å²) in [7, 11) is 0. The highest BCUT2D eigenvalue weighted by Gasteiger charge is 2.25. The van der Waals surface area contributed by atoms with Crippen molar-refractivity contribution in [3.05, 3.63) is 40.4 Å². The van der Waals surface area contributed by atoms with Crippen molar-refractivity contribution in [3.63, 3.8) is 0 Å². The number of para-hydroxylation sites is 1. The van der Waals surface area contributed by atoms with Crippen molar-refractivity contribution in [1.82, 2.24) is 9.94 Å². The second-order valence-electron chi connectivity index (χ2n) is 4.01. The second kappa shape index (κ2) is 3.84. The minimum absolute atomic E-state index is 0.0106. The maximum Gasteiger partial charge on any atom is 0.315 e. The number of rotatable bonds is 2. The number of aliphatic carboxylic acids is 1. The van der Waals surface area contributed by atoms with Gasteiger partial charge in [0.25, 0.3) is 0 Å². The summed E-state index contributed by atoms with van der Waals surface area (Å²) in [5.41, 5.74) is -0.167. The Balaban J connectivity index is 2.46. The van der Waals surface area contributed by atoms with E-state index >= 15 is 0 Å². The third kappa shape index (κ3) is 1.63. The van der Waals surface area contributed by atoms with Gasteiger partial charge in [0.15, 0.2) is 0 Å². The summed E-state index contributed by atoms with van der Waals surface area (Å²) in [4.78, 5) is 22.8. The van der Waals surface area contributed by atoms with Gasteiger partial charge in [-0.1, -0.05) is 17.0 Å². The summed E-state index contributed by atoms with van der Waals surface area (Å²) >= 11 is 0. The summed E-state index contributed by atoms with van der Waals surface area (Å²) < 4.78 is 5.43. The second-order valence-corrected chi connectivity index (χ2v) is 4.01. The van der Waals surface area contributed by atoms with Crippen molar-refractivity contribution < 1.29 is 19.5 Å². The Kier molecular flexibility index (Phi) is 2.28. The van der Waals surface area contributed by atoms with Gasteiger partial charge in [0, 0.05) is 5.39 Å². The molecule has 1 aromatic rings.